The van der Waals surface area contributed by atoms with Crippen LogP contribution in [0.1, 0.15) is 43.0 Å². The Morgan fingerprint density at radius 2 is 2.16 bits per heavy atom. The molecule has 2 N–H and O–H groups in total. The molecule has 0 bridgehead atoms. The van der Waals surface area contributed by atoms with Gasteiger partial charge in [-0.05, 0) is 56.9 Å². The Morgan fingerprint density at radius 3 is 2.88 bits per heavy atom. The second-order valence-corrected chi connectivity index (χ2v) is 8.55. The normalized spacial score (nSPS) is 25.0. The van der Waals surface area contributed by atoms with Crippen LogP contribution in [0.3, 0.4) is 0 Å². The molecule has 2 saturated heterocycles. The first kappa shape index (κ1) is 22.1. The van der Waals surface area contributed by atoms with Gasteiger partial charge in [-0.25, -0.2) is 10.0 Å². The zero-order chi connectivity index (χ0) is 22.7. The fraction of sp³-hybridized carbons (Fsp3) is 0.458. The Balaban J connectivity index is 1.63. The summed E-state index contributed by atoms with van der Waals surface area (Å²) in [5, 5.41) is 5.83. The minimum absolute atomic E-state index is 0.000754. The van der Waals surface area contributed by atoms with E-state index >= 15 is 0 Å². The van der Waals surface area contributed by atoms with Gasteiger partial charge in [-0.2, -0.15) is 5.10 Å². The molecule has 8 heteroatoms. The van der Waals surface area contributed by atoms with Crippen molar-refractivity contribution in [1.29, 1.82) is 0 Å². The summed E-state index contributed by atoms with van der Waals surface area (Å²) in [6, 6.07) is 7.41. The van der Waals surface area contributed by atoms with E-state index in [9.17, 15) is 4.79 Å². The number of aliphatic imine (C=N–C) groups is 1. The van der Waals surface area contributed by atoms with E-state index in [4.69, 9.17) is 15.5 Å². The third-order valence-electron chi connectivity index (χ3n) is 6.27. The average Bonchev–Trinajstić information content (AvgIpc) is 3.25. The predicted molar refractivity (Wildman–Crippen MR) is 126 cm³/mol. The number of hydrogen-bond donors (Lipinski definition) is 1. The molecule has 3 heterocycles. The molecule has 8 nitrogen and oxygen atoms in total. The minimum atomic E-state index is -0.0701. The summed E-state index contributed by atoms with van der Waals surface area (Å²) < 4.78 is 5.30. The first-order valence-electron chi connectivity index (χ1n) is 11.2. The van der Waals surface area contributed by atoms with Gasteiger partial charge in [-0.3, -0.25) is 4.79 Å². The molecule has 0 saturated carbocycles. The van der Waals surface area contributed by atoms with Crippen molar-refractivity contribution in [2.24, 2.45) is 15.8 Å². The number of methoxy groups -OCH3 is 1. The third kappa shape index (κ3) is 4.55. The number of amides is 1. The molecule has 0 aromatic heterocycles. The molecule has 0 radical (unpaired) electrons. The second-order valence-electron chi connectivity index (χ2n) is 8.55. The fourth-order valence-corrected chi connectivity index (χ4v) is 4.56. The van der Waals surface area contributed by atoms with Crippen LogP contribution in [0, 0.1) is 0 Å². The van der Waals surface area contributed by atoms with Crippen molar-refractivity contribution in [3.05, 3.63) is 53.5 Å². The van der Waals surface area contributed by atoms with Crippen LogP contribution in [0.5, 0.6) is 5.75 Å². The number of rotatable bonds is 4. The van der Waals surface area contributed by atoms with Gasteiger partial charge in [0.25, 0.3) is 5.91 Å². The van der Waals surface area contributed by atoms with E-state index in [1.165, 1.54) is 0 Å². The van der Waals surface area contributed by atoms with E-state index in [2.05, 4.69) is 16.7 Å². The third-order valence-corrected chi connectivity index (χ3v) is 6.27. The van der Waals surface area contributed by atoms with E-state index in [-0.39, 0.29) is 18.0 Å². The van der Waals surface area contributed by atoms with Gasteiger partial charge in [0.2, 0.25) is 0 Å². The van der Waals surface area contributed by atoms with Crippen molar-refractivity contribution in [3.63, 3.8) is 0 Å². The number of carbonyl (C=O) groups excluding carboxylic acids is 1. The number of hydrazone groups is 1. The van der Waals surface area contributed by atoms with Crippen molar-refractivity contribution in [2.75, 3.05) is 26.7 Å². The monoisotopic (exact) mass is 436 g/mol. The molecule has 3 aliphatic rings. The molecule has 0 aliphatic carbocycles. The molecular weight excluding hydrogens is 404 g/mol. The van der Waals surface area contributed by atoms with Crippen LogP contribution >= 0.6 is 0 Å². The van der Waals surface area contributed by atoms with Gasteiger partial charge in [-0.1, -0.05) is 6.07 Å². The first-order chi connectivity index (χ1) is 15.5. The molecule has 1 unspecified atom stereocenters. The number of hydrogen-bond acceptors (Lipinski definition) is 7. The van der Waals surface area contributed by atoms with E-state index in [0.717, 1.165) is 50.2 Å². The smallest absolute Gasteiger partial charge is 0.254 e. The lowest BCUT2D eigenvalue weighted by atomic mass is 10.00. The summed E-state index contributed by atoms with van der Waals surface area (Å²) >= 11 is 0. The van der Waals surface area contributed by atoms with Crippen molar-refractivity contribution in [3.8, 4) is 5.75 Å². The van der Waals surface area contributed by atoms with E-state index in [0.29, 0.717) is 23.7 Å². The van der Waals surface area contributed by atoms with Crippen LogP contribution in [0.4, 0.5) is 0 Å². The fourth-order valence-electron chi connectivity index (χ4n) is 4.56. The molecule has 32 heavy (non-hydrogen) atoms. The number of amidine groups is 1. The summed E-state index contributed by atoms with van der Waals surface area (Å²) in [7, 11) is 1.61. The van der Waals surface area contributed by atoms with Crippen molar-refractivity contribution in [2.45, 2.75) is 44.7 Å². The molecule has 0 spiro atoms. The first-order valence-corrected chi connectivity index (χ1v) is 11.2. The minimum Gasteiger partial charge on any atom is -0.497 e. The predicted octanol–water partition coefficient (Wildman–Crippen LogP) is 2.80. The molecule has 3 aliphatic heterocycles. The summed E-state index contributed by atoms with van der Waals surface area (Å²) in [6.45, 7) is 8.13. The quantitative estimate of drug-likeness (QED) is 0.734. The highest BCUT2D eigenvalue weighted by atomic mass is 16.5. The van der Waals surface area contributed by atoms with Gasteiger partial charge in [0.1, 0.15) is 11.6 Å². The van der Waals surface area contributed by atoms with Crippen LogP contribution in [0.2, 0.25) is 0 Å². The number of likely N-dealkylation sites (tertiary alicyclic amines) is 2. The van der Waals surface area contributed by atoms with Gasteiger partial charge in [-0.15, -0.1) is 0 Å². The molecule has 2 fully saturated rings. The molecule has 1 amide bonds. The Kier molecular flexibility index (Phi) is 6.60. The Labute approximate surface area is 189 Å². The summed E-state index contributed by atoms with van der Waals surface area (Å²) in [4.78, 5) is 22.4. The van der Waals surface area contributed by atoms with Gasteiger partial charge < -0.3 is 20.3 Å². The summed E-state index contributed by atoms with van der Waals surface area (Å²) in [6.07, 6.45) is 7.88. The van der Waals surface area contributed by atoms with E-state index in [1.54, 1.807) is 18.2 Å². The zero-order valence-corrected chi connectivity index (χ0v) is 18.9. The number of piperidine rings is 1. The summed E-state index contributed by atoms with van der Waals surface area (Å²) in [5.41, 5.74) is 7.77. The largest absolute Gasteiger partial charge is 0.497 e. The molecule has 170 valence electrons. The maximum atomic E-state index is 13.4. The maximum Gasteiger partial charge on any atom is 0.254 e. The highest BCUT2D eigenvalue weighted by Crippen LogP contribution is 2.27. The number of carbonyl (C=O) groups is 1. The van der Waals surface area contributed by atoms with Crippen molar-refractivity contribution < 1.29 is 9.53 Å². The highest BCUT2D eigenvalue weighted by molar-refractivity contribution is 5.99. The van der Waals surface area contributed by atoms with Crippen LogP contribution in [0.15, 0.2) is 58.0 Å². The van der Waals surface area contributed by atoms with Crippen LogP contribution in [0.25, 0.3) is 0 Å². The number of nitrogens with zero attached hydrogens (tertiary/aromatic N) is 5. The number of benzene rings is 1. The lowest BCUT2D eigenvalue weighted by Crippen LogP contribution is -2.43. The molecular formula is C24H32N6O2. The lowest BCUT2D eigenvalue weighted by Gasteiger charge is -2.35. The molecule has 1 aromatic rings. The Morgan fingerprint density at radius 1 is 1.31 bits per heavy atom. The standard InChI is InChI=1S/C24H32N6O2/c1-17-15-30(26-2)22(27-23(17)28-12-10-19(25)16-28)14-20-8-4-5-11-29(20)24(31)18-7-6-9-21(13-18)32-3/h6-7,9,13-15,19-20H,2,4-5,8,10-12,16,25H2,1,3H3/b22-14-/t19-,20?/m0/s1. The SMILES string of the molecule is C=NN1C=C(C)C(N2CC[C@H](N)C2)=N/C1=C/C1CCCCN1C(=O)c1cccc(OC)c1. The molecule has 4 rings (SSSR count). The van der Waals surface area contributed by atoms with Crippen LogP contribution in [-0.4, -0.2) is 72.1 Å². The molecule has 1 aromatic carbocycles. The topological polar surface area (TPSA) is 86.8 Å². The Bertz CT molecular complexity index is 969. The van der Waals surface area contributed by atoms with Crippen LogP contribution < -0.4 is 10.5 Å². The van der Waals surface area contributed by atoms with E-state index < -0.39 is 0 Å². The van der Waals surface area contributed by atoms with Crippen molar-refractivity contribution in [1.82, 2.24) is 14.8 Å². The van der Waals surface area contributed by atoms with Gasteiger partial charge in [0.05, 0.1) is 13.2 Å². The maximum absolute atomic E-state index is 13.4. The zero-order valence-electron chi connectivity index (χ0n) is 18.9. The number of ether oxygens (including phenoxy) is 1. The lowest BCUT2D eigenvalue weighted by molar-refractivity contribution is 0.0661. The Hall–Kier alpha value is -3.13. The van der Waals surface area contributed by atoms with Gasteiger partial charge in [0, 0.05) is 49.7 Å². The average molecular weight is 437 g/mol. The van der Waals surface area contributed by atoms with Gasteiger partial charge in [0.15, 0.2) is 5.82 Å². The van der Waals surface area contributed by atoms with Crippen molar-refractivity contribution >= 4 is 18.5 Å². The highest BCUT2D eigenvalue weighted by Gasteiger charge is 2.30. The van der Waals surface area contributed by atoms with Gasteiger partial charge >= 0.3 is 0 Å². The van der Waals surface area contributed by atoms with E-state index in [1.807, 2.05) is 42.3 Å². The summed E-state index contributed by atoms with van der Waals surface area (Å²) in [5.74, 6) is 2.29. The second kappa shape index (κ2) is 9.56. The van der Waals surface area contributed by atoms with Crippen LogP contribution in [-0.2, 0) is 0 Å². The molecule has 2 atom stereocenters. The number of nitrogens with two attached hydrogens (primary N) is 1.